The molecular weight excluding hydrogens is 491 g/mol. The lowest BCUT2D eigenvalue weighted by molar-refractivity contribution is 0.0663. The number of thiophene rings is 1. The second kappa shape index (κ2) is 10.5. The molecule has 3 heterocycles. The number of nitrogens with zero attached hydrogens (tertiary/aromatic N) is 4. The van der Waals surface area contributed by atoms with Crippen molar-refractivity contribution in [1.29, 1.82) is 0 Å². The Morgan fingerprint density at radius 1 is 1.00 bits per heavy atom. The smallest absolute Gasteiger partial charge is 0.141 e. The van der Waals surface area contributed by atoms with Gasteiger partial charge in [0.25, 0.3) is 0 Å². The summed E-state index contributed by atoms with van der Waals surface area (Å²) in [5, 5.41) is 14.7. The number of aliphatic hydroxyl groups is 1. The number of rotatable bonds is 7. The zero-order valence-corrected chi connectivity index (χ0v) is 20.7. The summed E-state index contributed by atoms with van der Waals surface area (Å²) in [5.41, 5.74) is 2.35. The van der Waals surface area contributed by atoms with Crippen molar-refractivity contribution >= 4 is 50.6 Å². The van der Waals surface area contributed by atoms with Crippen LogP contribution in [-0.2, 0) is 0 Å². The van der Waals surface area contributed by atoms with E-state index >= 15 is 0 Å². The molecule has 1 atom stereocenters. The van der Waals surface area contributed by atoms with Gasteiger partial charge in [0.1, 0.15) is 35.4 Å². The molecular formula is C25H24Cl2N4O2S. The van der Waals surface area contributed by atoms with Crippen LogP contribution in [0.15, 0.2) is 60.2 Å². The maximum absolute atomic E-state index is 10.5. The van der Waals surface area contributed by atoms with Gasteiger partial charge in [0.15, 0.2) is 0 Å². The summed E-state index contributed by atoms with van der Waals surface area (Å²) in [6, 6.07) is 15.5. The molecule has 9 heteroatoms. The fraction of sp³-hybridized carbons (Fsp3) is 0.280. The molecule has 176 valence electrons. The van der Waals surface area contributed by atoms with E-state index in [0.29, 0.717) is 22.3 Å². The van der Waals surface area contributed by atoms with Crippen LogP contribution in [0.25, 0.3) is 21.3 Å². The van der Waals surface area contributed by atoms with E-state index in [1.54, 1.807) is 35.9 Å². The standard InChI is InChI=1S/C25H24Cl2N4O2S/c26-21-7-6-19(12-22(21)27)33-14-18(32)13-30-8-10-31(11-9-30)24-23-20(17-4-2-1-3-5-17)15-34-25(23)29-16-28-24/h1-7,12,15-16,18,32H,8-11,13-14H2. The zero-order valence-electron chi connectivity index (χ0n) is 18.4. The van der Waals surface area contributed by atoms with E-state index in [0.717, 1.165) is 42.2 Å². The molecule has 0 saturated carbocycles. The minimum absolute atomic E-state index is 0.194. The molecule has 0 aliphatic carbocycles. The van der Waals surface area contributed by atoms with Gasteiger partial charge in [-0.25, -0.2) is 9.97 Å². The third-order valence-corrected chi connectivity index (χ3v) is 7.53. The van der Waals surface area contributed by atoms with Crippen molar-refractivity contribution in [2.45, 2.75) is 6.10 Å². The Balaban J connectivity index is 1.21. The SMILES string of the molecule is OC(COc1ccc(Cl)c(Cl)c1)CN1CCN(c2ncnc3scc(-c4ccccc4)c23)CC1. The number of hydrogen-bond acceptors (Lipinski definition) is 7. The predicted molar refractivity (Wildman–Crippen MR) is 139 cm³/mol. The van der Waals surface area contributed by atoms with Crippen molar-refractivity contribution in [2.24, 2.45) is 0 Å². The van der Waals surface area contributed by atoms with Crippen LogP contribution in [0.4, 0.5) is 5.82 Å². The van der Waals surface area contributed by atoms with E-state index in [1.165, 1.54) is 11.1 Å². The topological polar surface area (TPSA) is 61.7 Å². The fourth-order valence-electron chi connectivity index (χ4n) is 4.18. The number of aromatic nitrogens is 2. The summed E-state index contributed by atoms with van der Waals surface area (Å²) >= 11 is 13.6. The summed E-state index contributed by atoms with van der Waals surface area (Å²) in [5.74, 6) is 1.57. The van der Waals surface area contributed by atoms with Crippen LogP contribution in [0.1, 0.15) is 0 Å². The van der Waals surface area contributed by atoms with E-state index in [2.05, 4.69) is 49.4 Å². The van der Waals surface area contributed by atoms with Gasteiger partial charge in [0.05, 0.1) is 15.4 Å². The maximum atomic E-state index is 10.5. The van der Waals surface area contributed by atoms with Crippen molar-refractivity contribution < 1.29 is 9.84 Å². The first-order valence-electron chi connectivity index (χ1n) is 11.1. The van der Waals surface area contributed by atoms with Gasteiger partial charge in [-0.05, 0) is 17.7 Å². The Morgan fingerprint density at radius 2 is 1.79 bits per heavy atom. The van der Waals surface area contributed by atoms with Crippen LogP contribution < -0.4 is 9.64 Å². The highest BCUT2D eigenvalue weighted by atomic mass is 35.5. The van der Waals surface area contributed by atoms with Crippen LogP contribution in [0.5, 0.6) is 5.75 Å². The molecule has 6 nitrogen and oxygen atoms in total. The largest absolute Gasteiger partial charge is 0.491 e. The fourth-order valence-corrected chi connectivity index (χ4v) is 5.38. The van der Waals surface area contributed by atoms with E-state index in [9.17, 15) is 5.11 Å². The van der Waals surface area contributed by atoms with Gasteiger partial charge >= 0.3 is 0 Å². The van der Waals surface area contributed by atoms with Gasteiger partial charge in [0, 0.05) is 49.7 Å². The number of benzene rings is 2. The Bertz CT molecular complexity index is 1260. The minimum atomic E-state index is -0.603. The van der Waals surface area contributed by atoms with Crippen LogP contribution >= 0.6 is 34.5 Å². The summed E-state index contributed by atoms with van der Waals surface area (Å²) in [7, 11) is 0. The molecule has 2 aromatic heterocycles. The monoisotopic (exact) mass is 514 g/mol. The number of fused-ring (bicyclic) bond motifs is 1. The molecule has 1 unspecified atom stereocenters. The normalized spacial score (nSPS) is 15.6. The molecule has 2 aromatic carbocycles. The number of halogens is 2. The average molecular weight is 515 g/mol. The summed E-state index contributed by atoms with van der Waals surface area (Å²) in [4.78, 5) is 14.7. The second-order valence-corrected chi connectivity index (χ2v) is 9.89. The summed E-state index contributed by atoms with van der Waals surface area (Å²) < 4.78 is 5.68. The van der Waals surface area contributed by atoms with Gasteiger partial charge in [-0.3, -0.25) is 4.90 Å². The third kappa shape index (κ3) is 5.14. The van der Waals surface area contributed by atoms with Gasteiger partial charge < -0.3 is 14.7 Å². The maximum Gasteiger partial charge on any atom is 0.141 e. The number of hydrogen-bond donors (Lipinski definition) is 1. The summed E-state index contributed by atoms with van der Waals surface area (Å²) in [6.07, 6.45) is 1.05. The average Bonchev–Trinajstić information content (AvgIpc) is 3.30. The highest BCUT2D eigenvalue weighted by Gasteiger charge is 2.23. The molecule has 34 heavy (non-hydrogen) atoms. The van der Waals surface area contributed by atoms with Crippen LogP contribution in [-0.4, -0.2) is 65.4 Å². The van der Waals surface area contributed by atoms with Gasteiger partial charge in [0.2, 0.25) is 0 Å². The van der Waals surface area contributed by atoms with Gasteiger partial charge in [-0.2, -0.15) is 0 Å². The number of ether oxygens (including phenoxy) is 1. The molecule has 1 fully saturated rings. The zero-order chi connectivity index (χ0) is 23.5. The number of piperazine rings is 1. The molecule has 1 aliphatic heterocycles. The lowest BCUT2D eigenvalue weighted by Crippen LogP contribution is -2.49. The molecule has 1 aliphatic rings. The van der Waals surface area contributed by atoms with Crippen molar-refractivity contribution in [3.05, 3.63) is 70.3 Å². The first-order chi connectivity index (χ1) is 16.6. The first kappa shape index (κ1) is 23.3. The Morgan fingerprint density at radius 3 is 2.56 bits per heavy atom. The Hall–Kier alpha value is -2.42. The van der Waals surface area contributed by atoms with Crippen LogP contribution in [0.3, 0.4) is 0 Å². The van der Waals surface area contributed by atoms with E-state index in [4.69, 9.17) is 27.9 Å². The molecule has 5 rings (SSSR count). The molecule has 0 radical (unpaired) electrons. The highest BCUT2D eigenvalue weighted by molar-refractivity contribution is 7.17. The highest BCUT2D eigenvalue weighted by Crippen LogP contribution is 2.38. The molecule has 1 N–H and O–H groups in total. The molecule has 4 aromatic rings. The van der Waals surface area contributed by atoms with Crippen LogP contribution in [0, 0.1) is 0 Å². The molecule has 0 bridgehead atoms. The van der Waals surface area contributed by atoms with Crippen LogP contribution in [0.2, 0.25) is 10.0 Å². The van der Waals surface area contributed by atoms with E-state index in [-0.39, 0.29) is 6.61 Å². The van der Waals surface area contributed by atoms with Gasteiger partial charge in [-0.15, -0.1) is 11.3 Å². The second-order valence-electron chi connectivity index (χ2n) is 8.22. The quantitative estimate of drug-likeness (QED) is 0.364. The van der Waals surface area contributed by atoms with Crippen molar-refractivity contribution in [3.63, 3.8) is 0 Å². The number of aliphatic hydroxyl groups excluding tert-OH is 1. The first-order valence-corrected chi connectivity index (χ1v) is 12.7. The number of β-amino-alcohol motifs (C(OH)–C–C–N with tert-alkyl or cyclic N) is 1. The van der Waals surface area contributed by atoms with Gasteiger partial charge in [-0.1, -0.05) is 53.5 Å². The predicted octanol–water partition coefficient (Wildman–Crippen LogP) is 5.23. The third-order valence-electron chi connectivity index (χ3n) is 5.91. The molecule has 0 spiro atoms. The van der Waals surface area contributed by atoms with E-state index < -0.39 is 6.10 Å². The minimum Gasteiger partial charge on any atom is -0.491 e. The molecule has 0 amide bonds. The Labute approximate surface area is 212 Å². The lowest BCUT2D eigenvalue weighted by Gasteiger charge is -2.36. The lowest BCUT2D eigenvalue weighted by atomic mass is 10.1. The summed E-state index contributed by atoms with van der Waals surface area (Å²) in [6.45, 7) is 4.06. The Kier molecular flexibility index (Phi) is 7.18. The van der Waals surface area contributed by atoms with Crippen molar-refractivity contribution in [1.82, 2.24) is 14.9 Å². The molecule has 1 saturated heterocycles. The van der Waals surface area contributed by atoms with Crippen molar-refractivity contribution in [3.8, 4) is 16.9 Å². The van der Waals surface area contributed by atoms with E-state index in [1.807, 2.05) is 6.07 Å². The van der Waals surface area contributed by atoms with Crippen molar-refractivity contribution in [2.75, 3.05) is 44.2 Å². The number of anilines is 1.